The van der Waals surface area contributed by atoms with Crippen molar-refractivity contribution < 1.29 is 9.18 Å². The average Bonchev–Trinajstić information content (AvgIpc) is 2.70. The lowest BCUT2D eigenvalue weighted by Gasteiger charge is -2.01. The van der Waals surface area contributed by atoms with E-state index in [1.807, 2.05) is 6.07 Å². The second-order valence-corrected chi connectivity index (χ2v) is 5.19. The number of benzene rings is 1. The minimum atomic E-state index is -0.195. The van der Waals surface area contributed by atoms with Crippen molar-refractivity contribution in [1.29, 1.82) is 0 Å². The summed E-state index contributed by atoms with van der Waals surface area (Å²) in [6, 6.07) is 5.20. The van der Waals surface area contributed by atoms with Crippen molar-refractivity contribution in [3.8, 4) is 0 Å². The molecule has 0 aliphatic rings. The number of carbonyl (C=O) groups is 1. The summed E-state index contributed by atoms with van der Waals surface area (Å²) in [5.41, 5.74) is 1.54. The van der Waals surface area contributed by atoms with Crippen molar-refractivity contribution in [1.82, 2.24) is 4.98 Å². The summed E-state index contributed by atoms with van der Waals surface area (Å²) in [7, 11) is 0. The van der Waals surface area contributed by atoms with Crippen LogP contribution in [0.15, 0.2) is 24.4 Å². The number of rotatable bonds is 3. The molecule has 0 saturated heterocycles. The molecule has 94 valence electrons. The maximum Gasteiger partial charge on any atom is 0.223 e. The van der Waals surface area contributed by atoms with Crippen LogP contribution in [0.4, 0.5) is 9.52 Å². The Labute approximate surface area is 109 Å². The monoisotopic (exact) mass is 264 g/mol. The average molecular weight is 264 g/mol. The van der Waals surface area contributed by atoms with Gasteiger partial charge in [-0.05, 0) is 24.1 Å². The fourth-order valence-electron chi connectivity index (χ4n) is 1.55. The van der Waals surface area contributed by atoms with Crippen molar-refractivity contribution in [2.45, 2.75) is 20.3 Å². The molecule has 18 heavy (non-hydrogen) atoms. The number of nitrogens with one attached hydrogen (secondary N) is 1. The van der Waals surface area contributed by atoms with E-state index in [9.17, 15) is 9.18 Å². The fourth-order valence-corrected chi connectivity index (χ4v) is 2.44. The molecule has 1 amide bonds. The van der Waals surface area contributed by atoms with Crippen molar-refractivity contribution >= 4 is 22.4 Å². The highest BCUT2D eigenvalue weighted by atomic mass is 32.1. The first kappa shape index (κ1) is 12.7. The Balaban J connectivity index is 2.11. The maximum atomic E-state index is 13.4. The third kappa shape index (κ3) is 3.13. The summed E-state index contributed by atoms with van der Waals surface area (Å²) >= 11 is 1.40. The smallest absolute Gasteiger partial charge is 0.223 e. The van der Waals surface area contributed by atoms with Gasteiger partial charge in [-0.2, -0.15) is 0 Å². The van der Waals surface area contributed by atoms with E-state index in [2.05, 4.69) is 10.3 Å². The molecule has 0 bridgehead atoms. The molecule has 1 heterocycles. The summed E-state index contributed by atoms with van der Waals surface area (Å²) in [4.78, 5) is 15.9. The van der Waals surface area contributed by atoms with Gasteiger partial charge in [0.25, 0.3) is 0 Å². The molecule has 1 aromatic heterocycles. The third-order valence-corrected chi connectivity index (χ3v) is 3.36. The van der Waals surface area contributed by atoms with E-state index in [1.165, 1.54) is 24.3 Å². The van der Waals surface area contributed by atoms with Gasteiger partial charge in [0.05, 0.1) is 0 Å². The minimum Gasteiger partial charge on any atom is -0.302 e. The lowest BCUT2D eigenvalue weighted by Crippen LogP contribution is -2.04. The lowest BCUT2D eigenvalue weighted by atomic mass is 10.1. The Kier molecular flexibility index (Phi) is 3.72. The second kappa shape index (κ2) is 5.27. The van der Waals surface area contributed by atoms with Crippen LogP contribution in [-0.4, -0.2) is 10.9 Å². The number of aryl methyl sites for hydroxylation is 1. The molecule has 1 N–H and O–H groups in total. The predicted molar refractivity (Wildman–Crippen MR) is 70.4 cm³/mol. The Morgan fingerprint density at radius 1 is 1.50 bits per heavy atom. The zero-order valence-corrected chi connectivity index (χ0v) is 11.0. The number of nitrogens with zero attached hydrogens (tertiary/aromatic N) is 1. The van der Waals surface area contributed by atoms with E-state index in [4.69, 9.17) is 0 Å². The number of amides is 1. The van der Waals surface area contributed by atoms with E-state index < -0.39 is 0 Å². The Bertz CT molecular complexity index is 580. The van der Waals surface area contributed by atoms with Crippen LogP contribution >= 0.6 is 11.3 Å². The van der Waals surface area contributed by atoms with Gasteiger partial charge >= 0.3 is 0 Å². The first-order chi connectivity index (χ1) is 8.54. The van der Waals surface area contributed by atoms with E-state index in [1.54, 1.807) is 19.2 Å². The number of hydrogen-bond donors (Lipinski definition) is 1. The number of carbonyl (C=O) groups excluding carboxylic acids is 1. The third-order valence-electron chi connectivity index (χ3n) is 2.45. The largest absolute Gasteiger partial charge is 0.302 e. The molecule has 0 unspecified atom stereocenters. The van der Waals surface area contributed by atoms with E-state index >= 15 is 0 Å². The van der Waals surface area contributed by atoms with Crippen molar-refractivity contribution in [2.24, 2.45) is 0 Å². The van der Waals surface area contributed by atoms with Crippen LogP contribution in [0.3, 0.4) is 0 Å². The molecule has 0 saturated carbocycles. The van der Waals surface area contributed by atoms with E-state index in [-0.39, 0.29) is 11.7 Å². The van der Waals surface area contributed by atoms with E-state index in [0.717, 1.165) is 10.4 Å². The van der Waals surface area contributed by atoms with Crippen molar-refractivity contribution in [3.05, 3.63) is 46.2 Å². The molecule has 0 fully saturated rings. The van der Waals surface area contributed by atoms with Gasteiger partial charge in [-0.3, -0.25) is 4.79 Å². The van der Waals surface area contributed by atoms with Gasteiger partial charge in [-0.15, -0.1) is 11.3 Å². The lowest BCUT2D eigenvalue weighted by molar-refractivity contribution is -0.114. The van der Waals surface area contributed by atoms with Crippen LogP contribution in [-0.2, 0) is 11.2 Å². The summed E-state index contributed by atoms with van der Waals surface area (Å²) in [6.45, 7) is 3.18. The topological polar surface area (TPSA) is 42.0 Å². The van der Waals surface area contributed by atoms with Crippen molar-refractivity contribution in [3.63, 3.8) is 0 Å². The van der Waals surface area contributed by atoms with Gasteiger partial charge in [-0.25, -0.2) is 9.37 Å². The first-order valence-electron chi connectivity index (χ1n) is 5.52. The van der Waals surface area contributed by atoms with Gasteiger partial charge in [0, 0.05) is 24.4 Å². The number of halogens is 1. The Morgan fingerprint density at radius 2 is 2.28 bits per heavy atom. The molecule has 2 rings (SSSR count). The van der Waals surface area contributed by atoms with Crippen LogP contribution in [0.5, 0.6) is 0 Å². The van der Waals surface area contributed by atoms with Crippen LogP contribution in [0.1, 0.15) is 22.9 Å². The van der Waals surface area contributed by atoms with Crippen LogP contribution in [0, 0.1) is 12.7 Å². The fraction of sp³-hybridized carbons (Fsp3) is 0.231. The van der Waals surface area contributed by atoms with Crippen molar-refractivity contribution in [2.75, 3.05) is 5.32 Å². The summed E-state index contributed by atoms with van der Waals surface area (Å²) < 4.78 is 13.4. The standard InChI is InChI=1S/C13H13FN2OS/c1-8-3-4-10(6-12(8)14)5-11-7-15-13(18-11)16-9(2)17/h3-4,6-7H,5H2,1-2H3,(H,15,16,17). The Morgan fingerprint density at radius 3 is 2.94 bits per heavy atom. The molecule has 0 atom stereocenters. The zero-order chi connectivity index (χ0) is 13.1. The summed E-state index contributed by atoms with van der Waals surface area (Å²) in [5, 5.41) is 3.20. The molecular formula is C13H13FN2OS. The molecule has 0 aliphatic heterocycles. The minimum absolute atomic E-state index is 0.141. The highest BCUT2D eigenvalue weighted by Gasteiger charge is 2.06. The van der Waals surface area contributed by atoms with E-state index in [0.29, 0.717) is 17.1 Å². The number of aromatic nitrogens is 1. The zero-order valence-electron chi connectivity index (χ0n) is 10.2. The molecule has 0 spiro atoms. The Hall–Kier alpha value is -1.75. The van der Waals surface area contributed by atoms with Gasteiger partial charge < -0.3 is 5.32 Å². The highest BCUT2D eigenvalue weighted by Crippen LogP contribution is 2.21. The molecule has 0 radical (unpaired) electrons. The summed E-state index contributed by atoms with van der Waals surface area (Å²) in [5.74, 6) is -0.337. The molecule has 1 aromatic carbocycles. The quantitative estimate of drug-likeness (QED) is 0.925. The SMILES string of the molecule is CC(=O)Nc1ncc(Cc2ccc(C)c(F)c2)s1. The number of anilines is 1. The molecular weight excluding hydrogens is 251 g/mol. The molecule has 5 heteroatoms. The first-order valence-corrected chi connectivity index (χ1v) is 6.33. The summed E-state index contributed by atoms with van der Waals surface area (Å²) in [6.07, 6.45) is 2.32. The van der Waals surface area contributed by atoms with Crippen LogP contribution < -0.4 is 5.32 Å². The molecule has 0 aliphatic carbocycles. The van der Waals surface area contributed by atoms with Gasteiger partial charge in [-0.1, -0.05) is 12.1 Å². The molecule has 3 nitrogen and oxygen atoms in total. The molecule has 2 aromatic rings. The maximum absolute atomic E-state index is 13.4. The second-order valence-electron chi connectivity index (χ2n) is 4.07. The van der Waals surface area contributed by atoms with Crippen LogP contribution in [0.25, 0.3) is 0 Å². The predicted octanol–water partition coefficient (Wildman–Crippen LogP) is 3.14. The van der Waals surface area contributed by atoms with Crippen LogP contribution in [0.2, 0.25) is 0 Å². The van der Waals surface area contributed by atoms with Gasteiger partial charge in [0.15, 0.2) is 5.13 Å². The number of thiazole rings is 1. The number of hydrogen-bond acceptors (Lipinski definition) is 3. The van der Waals surface area contributed by atoms with Gasteiger partial charge in [0.2, 0.25) is 5.91 Å². The normalized spacial score (nSPS) is 10.4. The van der Waals surface area contributed by atoms with Gasteiger partial charge in [0.1, 0.15) is 5.82 Å². The highest BCUT2D eigenvalue weighted by molar-refractivity contribution is 7.15.